The molecule has 3 amide bonds. The van der Waals surface area contributed by atoms with Gasteiger partial charge in [0.2, 0.25) is 0 Å². The summed E-state index contributed by atoms with van der Waals surface area (Å²) in [6.07, 6.45) is 0. The minimum absolute atomic E-state index is 0.140. The fourth-order valence-corrected chi connectivity index (χ4v) is 3.76. The number of nitrogens with zero attached hydrogens (tertiary/aromatic N) is 1. The van der Waals surface area contributed by atoms with Gasteiger partial charge in [0, 0.05) is 16.9 Å². The zero-order valence-corrected chi connectivity index (χ0v) is 20.0. The Hall–Kier alpha value is -4.21. The number of anilines is 3. The van der Waals surface area contributed by atoms with Gasteiger partial charge in [0.25, 0.3) is 17.7 Å². The van der Waals surface area contributed by atoms with Gasteiger partial charge in [-0.05, 0) is 60.7 Å². The number of benzene rings is 3. The number of methoxy groups -OCH3 is 1. The first-order valence-electron chi connectivity index (χ1n) is 10.3. The molecule has 8 nitrogen and oxygen atoms in total. The van der Waals surface area contributed by atoms with Gasteiger partial charge in [-0.25, -0.2) is 14.1 Å². The van der Waals surface area contributed by atoms with E-state index in [1.54, 1.807) is 12.1 Å². The number of halogens is 3. The first kappa shape index (κ1) is 24.9. The molecule has 0 atom stereocenters. The van der Waals surface area contributed by atoms with E-state index in [-0.39, 0.29) is 32.6 Å². The van der Waals surface area contributed by atoms with Crippen molar-refractivity contribution < 1.29 is 28.3 Å². The maximum atomic E-state index is 13.4. The molecule has 182 valence electrons. The third-order valence-corrected chi connectivity index (χ3v) is 5.79. The van der Waals surface area contributed by atoms with Crippen molar-refractivity contribution in [3.63, 3.8) is 0 Å². The van der Waals surface area contributed by atoms with Crippen LogP contribution in [0.4, 0.5) is 21.5 Å². The van der Waals surface area contributed by atoms with Gasteiger partial charge in [-0.15, -0.1) is 0 Å². The number of imide groups is 1. The lowest BCUT2D eigenvalue weighted by molar-refractivity contribution is -0.120. The second-order valence-electron chi connectivity index (χ2n) is 7.46. The van der Waals surface area contributed by atoms with E-state index in [4.69, 9.17) is 23.2 Å². The molecule has 11 heteroatoms. The molecule has 0 radical (unpaired) electrons. The fourth-order valence-electron chi connectivity index (χ4n) is 3.37. The number of hydrogen-bond acceptors (Lipinski definition) is 6. The molecule has 3 aromatic carbocycles. The average Bonchev–Trinajstić information content (AvgIpc) is 3.09. The van der Waals surface area contributed by atoms with Gasteiger partial charge in [-0.1, -0.05) is 29.3 Å². The number of esters is 1. The molecule has 0 fully saturated rings. The second-order valence-corrected chi connectivity index (χ2v) is 8.25. The molecule has 3 aromatic rings. The van der Waals surface area contributed by atoms with Crippen molar-refractivity contribution in [2.45, 2.75) is 0 Å². The number of ether oxygens (including phenoxy) is 1. The Labute approximate surface area is 214 Å². The first-order chi connectivity index (χ1) is 17.2. The maximum absolute atomic E-state index is 13.4. The summed E-state index contributed by atoms with van der Waals surface area (Å²) in [6.45, 7) is 0. The summed E-state index contributed by atoms with van der Waals surface area (Å²) in [4.78, 5) is 50.8. The maximum Gasteiger partial charge on any atom is 0.337 e. The quantitative estimate of drug-likeness (QED) is 0.347. The van der Waals surface area contributed by atoms with Crippen LogP contribution in [0.3, 0.4) is 0 Å². The molecule has 0 spiro atoms. The lowest BCUT2D eigenvalue weighted by atomic mass is 10.1. The highest BCUT2D eigenvalue weighted by atomic mass is 35.5. The van der Waals surface area contributed by atoms with Gasteiger partial charge in [-0.2, -0.15) is 0 Å². The second kappa shape index (κ2) is 10.2. The average molecular weight is 528 g/mol. The summed E-state index contributed by atoms with van der Waals surface area (Å²) < 4.78 is 18.0. The van der Waals surface area contributed by atoms with Gasteiger partial charge in [0.05, 0.1) is 23.4 Å². The highest BCUT2D eigenvalue weighted by Crippen LogP contribution is 2.30. The highest BCUT2D eigenvalue weighted by Gasteiger charge is 2.39. The zero-order chi connectivity index (χ0) is 26.0. The lowest BCUT2D eigenvalue weighted by Gasteiger charge is -2.15. The number of amides is 3. The van der Waals surface area contributed by atoms with Crippen molar-refractivity contribution in [2.24, 2.45) is 0 Å². The predicted octanol–water partition coefficient (Wildman–Crippen LogP) is 4.95. The molecule has 1 heterocycles. The van der Waals surface area contributed by atoms with Gasteiger partial charge in [-0.3, -0.25) is 14.4 Å². The molecule has 1 aliphatic rings. The van der Waals surface area contributed by atoms with Gasteiger partial charge in [0.1, 0.15) is 16.5 Å². The van der Waals surface area contributed by atoms with E-state index in [9.17, 15) is 23.6 Å². The molecule has 0 saturated carbocycles. The third-order valence-electron chi connectivity index (χ3n) is 5.15. The van der Waals surface area contributed by atoms with E-state index in [0.717, 1.165) is 11.0 Å². The van der Waals surface area contributed by atoms with Crippen LogP contribution in [-0.2, 0) is 14.3 Å². The van der Waals surface area contributed by atoms with Gasteiger partial charge >= 0.3 is 5.97 Å². The normalized spacial score (nSPS) is 13.2. The van der Waals surface area contributed by atoms with Crippen LogP contribution in [0.25, 0.3) is 0 Å². The summed E-state index contributed by atoms with van der Waals surface area (Å²) in [5.74, 6) is -3.16. The Morgan fingerprint density at radius 1 is 0.889 bits per heavy atom. The number of nitrogens with one attached hydrogen (secondary N) is 2. The van der Waals surface area contributed by atoms with E-state index >= 15 is 0 Å². The number of hydrogen-bond donors (Lipinski definition) is 2. The standard InChI is InChI=1S/C25H16Cl2FN3O5/c1-36-25(35)13-5-8-17(9-6-13)31-23(33)20(27)21(24(31)34)29-15-4-2-3-14(11-15)22(32)30-16-7-10-19(28)18(26)12-16/h2-12,29H,1H3,(H,30,32). The fraction of sp³-hybridized carbons (Fsp3) is 0.0400. The van der Waals surface area contributed by atoms with Crippen molar-refractivity contribution in [1.82, 2.24) is 0 Å². The van der Waals surface area contributed by atoms with E-state index in [2.05, 4.69) is 15.4 Å². The monoisotopic (exact) mass is 527 g/mol. The summed E-state index contributed by atoms with van der Waals surface area (Å²) in [7, 11) is 1.24. The molecule has 4 rings (SSSR count). The van der Waals surface area contributed by atoms with Gasteiger partial charge in [0.15, 0.2) is 0 Å². The van der Waals surface area contributed by atoms with Crippen molar-refractivity contribution in [3.05, 3.63) is 99.4 Å². The molecular weight excluding hydrogens is 512 g/mol. The van der Waals surface area contributed by atoms with Crippen molar-refractivity contribution in [1.29, 1.82) is 0 Å². The molecule has 36 heavy (non-hydrogen) atoms. The van der Waals surface area contributed by atoms with Crippen LogP contribution in [0, 0.1) is 5.82 Å². The topological polar surface area (TPSA) is 105 Å². The number of carbonyl (C=O) groups is 4. The first-order valence-corrected chi connectivity index (χ1v) is 11.1. The van der Waals surface area contributed by atoms with Gasteiger partial charge < -0.3 is 15.4 Å². The Kier molecular flexibility index (Phi) is 7.05. The molecule has 0 bridgehead atoms. The molecular formula is C25H16Cl2FN3O5. The summed E-state index contributed by atoms with van der Waals surface area (Å²) in [6, 6.07) is 15.5. The van der Waals surface area contributed by atoms with E-state index in [1.165, 1.54) is 55.6 Å². The Morgan fingerprint density at radius 2 is 1.61 bits per heavy atom. The Balaban J connectivity index is 1.51. The summed E-state index contributed by atoms with van der Waals surface area (Å²) in [5, 5.41) is 4.91. The van der Waals surface area contributed by atoms with E-state index in [1.807, 2.05) is 0 Å². The Morgan fingerprint density at radius 3 is 2.28 bits per heavy atom. The minimum Gasteiger partial charge on any atom is -0.465 e. The third kappa shape index (κ3) is 4.93. The molecule has 0 aliphatic carbocycles. The lowest BCUT2D eigenvalue weighted by Crippen LogP contribution is -2.32. The SMILES string of the molecule is COC(=O)c1ccc(N2C(=O)C(Cl)=C(Nc3cccc(C(=O)Nc4ccc(F)c(Cl)c4)c3)C2=O)cc1. The van der Waals surface area contributed by atoms with Crippen LogP contribution in [0.5, 0.6) is 0 Å². The Bertz CT molecular complexity index is 1440. The van der Waals surface area contributed by atoms with Crippen LogP contribution in [-0.4, -0.2) is 30.8 Å². The van der Waals surface area contributed by atoms with Crippen LogP contribution >= 0.6 is 23.2 Å². The van der Waals surface area contributed by atoms with Crippen LogP contribution < -0.4 is 15.5 Å². The van der Waals surface area contributed by atoms with Crippen LogP contribution in [0.1, 0.15) is 20.7 Å². The van der Waals surface area contributed by atoms with Crippen LogP contribution in [0.2, 0.25) is 5.02 Å². The largest absolute Gasteiger partial charge is 0.465 e. The molecule has 0 unspecified atom stereocenters. The minimum atomic E-state index is -0.753. The number of carbonyl (C=O) groups excluding carboxylic acids is 4. The number of rotatable bonds is 6. The summed E-state index contributed by atoms with van der Waals surface area (Å²) >= 11 is 11.9. The molecule has 0 saturated heterocycles. The van der Waals surface area contributed by atoms with Crippen LogP contribution in [0.15, 0.2) is 77.5 Å². The summed E-state index contributed by atoms with van der Waals surface area (Å²) in [5.41, 5.74) is 1.10. The van der Waals surface area contributed by atoms with Crippen molar-refractivity contribution in [2.75, 3.05) is 22.6 Å². The van der Waals surface area contributed by atoms with E-state index < -0.39 is 29.5 Å². The molecule has 0 aromatic heterocycles. The predicted molar refractivity (Wildman–Crippen MR) is 133 cm³/mol. The smallest absolute Gasteiger partial charge is 0.337 e. The molecule has 2 N–H and O–H groups in total. The van der Waals surface area contributed by atoms with Crippen molar-refractivity contribution in [3.8, 4) is 0 Å². The highest BCUT2D eigenvalue weighted by molar-refractivity contribution is 6.53. The van der Waals surface area contributed by atoms with E-state index in [0.29, 0.717) is 11.4 Å². The zero-order valence-electron chi connectivity index (χ0n) is 18.5. The van der Waals surface area contributed by atoms with Crippen molar-refractivity contribution >= 4 is 64.0 Å². The molecule has 1 aliphatic heterocycles.